The van der Waals surface area contributed by atoms with E-state index in [1.807, 2.05) is 12.1 Å². The monoisotopic (exact) mass is 395 g/mol. The molecule has 0 radical (unpaired) electrons. The van der Waals surface area contributed by atoms with Crippen LogP contribution in [0.25, 0.3) is 10.9 Å². The van der Waals surface area contributed by atoms with Crippen LogP contribution in [0.5, 0.6) is 0 Å². The zero-order chi connectivity index (χ0) is 20.3. The van der Waals surface area contributed by atoms with Gasteiger partial charge in [-0.15, -0.1) is 0 Å². The number of benzene rings is 1. The minimum Gasteiger partial charge on any atom is -0.477 e. The van der Waals surface area contributed by atoms with Crippen LogP contribution in [0.1, 0.15) is 73.3 Å². The average molecular weight is 396 g/mol. The number of carboxylic acids is 1. The summed E-state index contributed by atoms with van der Waals surface area (Å²) in [5.74, 6) is -0.192. The van der Waals surface area contributed by atoms with Crippen LogP contribution in [0.2, 0.25) is 0 Å². The van der Waals surface area contributed by atoms with Gasteiger partial charge in [0.05, 0.1) is 5.52 Å². The average Bonchev–Trinajstić information content (AvgIpc) is 3.48. The maximum atomic E-state index is 13.0. The fourth-order valence-corrected chi connectivity index (χ4v) is 4.95. The summed E-state index contributed by atoms with van der Waals surface area (Å²) >= 11 is 0. The summed E-state index contributed by atoms with van der Waals surface area (Å²) in [6.07, 6.45) is 8.20. The minimum absolute atomic E-state index is 0.120. The van der Waals surface area contributed by atoms with Crippen molar-refractivity contribution in [2.75, 3.05) is 18.0 Å². The van der Waals surface area contributed by atoms with Gasteiger partial charge in [-0.3, -0.25) is 4.79 Å². The molecule has 2 aliphatic carbocycles. The highest BCUT2D eigenvalue weighted by Gasteiger charge is 2.34. The molecule has 1 aliphatic heterocycles. The second-order valence-corrected chi connectivity index (χ2v) is 9.21. The number of aromatic nitrogens is 1. The van der Waals surface area contributed by atoms with E-state index in [2.05, 4.69) is 16.4 Å². The molecule has 2 unspecified atom stereocenters. The third kappa shape index (κ3) is 3.05. The summed E-state index contributed by atoms with van der Waals surface area (Å²) in [7, 11) is 0. The van der Waals surface area contributed by atoms with Crippen LogP contribution < -0.4 is 16.1 Å². The maximum absolute atomic E-state index is 13.0. The molecule has 154 valence electrons. The van der Waals surface area contributed by atoms with Gasteiger partial charge in [-0.25, -0.2) is 4.79 Å². The van der Waals surface area contributed by atoms with E-state index in [4.69, 9.17) is 5.73 Å². The first-order valence-corrected chi connectivity index (χ1v) is 10.9. The Bertz CT molecular complexity index is 1040. The third-order valence-corrected chi connectivity index (χ3v) is 7.25. The predicted octanol–water partition coefficient (Wildman–Crippen LogP) is 3.48. The number of hydrogen-bond acceptors (Lipinski definition) is 4. The number of rotatable bonds is 4. The molecule has 2 heterocycles. The Balaban J connectivity index is 1.75. The van der Waals surface area contributed by atoms with E-state index < -0.39 is 5.97 Å². The summed E-state index contributed by atoms with van der Waals surface area (Å²) in [4.78, 5) is 27.1. The Hall–Kier alpha value is -2.34. The van der Waals surface area contributed by atoms with E-state index in [1.54, 1.807) is 6.20 Å². The van der Waals surface area contributed by atoms with Gasteiger partial charge in [-0.1, -0.05) is 13.3 Å². The molecule has 0 amide bonds. The molecule has 0 bridgehead atoms. The van der Waals surface area contributed by atoms with Crippen molar-refractivity contribution in [1.29, 1.82) is 0 Å². The SMILES string of the molecule is CC1CCN(c2ccc3c(=O)c(C(=O)O)cn(C4CC4)c3c2C2CCC2)CC1N. The lowest BCUT2D eigenvalue weighted by Gasteiger charge is -2.40. The van der Waals surface area contributed by atoms with Crippen molar-refractivity contribution in [3.8, 4) is 0 Å². The number of piperidine rings is 1. The normalized spacial score (nSPS) is 25.2. The molecule has 2 atom stereocenters. The van der Waals surface area contributed by atoms with Crippen molar-refractivity contribution in [3.63, 3.8) is 0 Å². The first kappa shape index (κ1) is 18.7. The molecule has 1 aromatic carbocycles. The molecule has 3 N–H and O–H groups in total. The van der Waals surface area contributed by atoms with E-state index >= 15 is 0 Å². The lowest BCUT2D eigenvalue weighted by Crippen LogP contribution is -2.48. The predicted molar refractivity (Wildman–Crippen MR) is 114 cm³/mol. The largest absolute Gasteiger partial charge is 0.477 e. The van der Waals surface area contributed by atoms with Crippen molar-refractivity contribution >= 4 is 22.6 Å². The quantitative estimate of drug-likeness (QED) is 0.827. The molecule has 3 fully saturated rings. The highest BCUT2D eigenvalue weighted by atomic mass is 16.4. The van der Waals surface area contributed by atoms with Gasteiger partial charge in [0, 0.05) is 48.0 Å². The molecule has 2 saturated carbocycles. The first-order valence-electron chi connectivity index (χ1n) is 10.9. The van der Waals surface area contributed by atoms with Crippen molar-refractivity contribution in [1.82, 2.24) is 4.57 Å². The number of hydrogen-bond donors (Lipinski definition) is 2. The lowest BCUT2D eigenvalue weighted by molar-refractivity contribution is 0.0695. The Morgan fingerprint density at radius 3 is 2.52 bits per heavy atom. The second kappa shape index (κ2) is 6.87. The number of fused-ring (bicyclic) bond motifs is 1. The van der Waals surface area contributed by atoms with E-state index in [1.165, 1.54) is 17.7 Å². The fraction of sp³-hybridized carbons (Fsp3) is 0.565. The smallest absolute Gasteiger partial charge is 0.341 e. The van der Waals surface area contributed by atoms with Crippen LogP contribution in [-0.4, -0.2) is 34.8 Å². The van der Waals surface area contributed by atoms with Crippen LogP contribution >= 0.6 is 0 Å². The second-order valence-electron chi connectivity index (χ2n) is 9.21. The number of nitrogens with zero attached hydrogens (tertiary/aromatic N) is 2. The van der Waals surface area contributed by atoms with Gasteiger partial charge in [0.15, 0.2) is 0 Å². The molecule has 1 aromatic heterocycles. The van der Waals surface area contributed by atoms with Gasteiger partial charge < -0.3 is 20.3 Å². The van der Waals surface area contributed by atoms with Gasteiger partial charge in [-0.2, -0.15) is 0 Å². The van der Waals surface area contributed by atoms with E-state index in [0.717, 1.165) is 50.7 Å². The molecule has 5 rings (SSSR count). The van der Waals surface area contributed by atoms with Gasteiger partial charge in [0.2, 0.25) is 5.43 Å². The zero-order valence-corrected chi connectivity index (χ0v) is 16.9. The van der Waals surface area contributed by atoms with Crippen molar-refractivity contribution in [2.45, 2.75) is 63.5 Å². The fourth-order valence-electron chi connectivity index (χ4n) is 4.95. The number of pyridine rings is 1. The number of anilines is 1. The summed E-state index contributed by atoms with van der Waals surface area (Å²) in [5.41, 5.74) is 9.33. The lowest BCUT2D eigenvalue weighted by atomic mass is 9.77. The van der Waals surface area contributed by atoms with Crippen molar-refractivity contribution in [2.24, 2.45) is 11.7 Å². The van der Waals surface area contributed by atoms with E-state index in [0.29, 0.717) is 23.3 Å². The van der Waals surface area contributed by atoms with E-state index in [-0.39, 0.29) is 17.0 Å². The van der Waals surface area contributed by atoms with Crippen LogP contribution in [0, 0.1) is 5.92 Å². The van der Waals surface area contributed by atoms with E-state index in [9.17, 15) is 14.7 Å². The summed E-state index contributed by atoms with van der Waals surface area (Å²) in [5, 5.41) is 10.1. The topological polar surface area (TPSA) is 88.6 Å². The van der Waals surface area contributed by atoms with Gasteiger partial charge in [0.1, 0.15) is 5.56 Å². The molecule has 0 spiro atoms. The van der Waals surface area contributed by atoms with Crippen molar-refractivity contribution < 1.29 is 9.90 Å². The number of carbonyl (C=O) groups is 1. The van der Waals surface area contributed by atoms with Crippen LogP contribution in [0.3, 0.4) is 0 Å². The number of aromatic carboxylic acids is 1. The van der Waals surface area contributed by atoms with Gasteiger partial charge >= 0.3 is 5.97 Å². The Labute approximate surface area is 170 Å². The summed E-state index contributed by atoms with van der Waals surface area (Å²) in [6.45, 7) is 4.02. The highest BCUT2D eigenvalue weighted by molar-refractivity contribution is 5.95. The number of carboxylic acid groups (broad SMARTS) is 1. The standard InChI is InChI=1S/C23H29N3O3/c1-13-9-10-25(12-18(13)24)19-8-7-16-21(20(19)14-3-2-4-14)26(15-5-6-15)11-17(22(16)27)23(28)29/h7-8,11,13-15,18H,2-6,9-10,12,24H2,1H3,(H,28,29). The third-order valence-electron chi connectivity index (χ3n) is 7.25. The maximum Gasteiger partial charge on any atom is 0.341 e. The molecule has 6 heteroatoms. The molecule has 1 saturated heterocycles. The van der Waals surface area contributed by atoms with Crippen molar-refractivity contribution in [3.05, 3.63) is 39.7 Å². The molecule has 3 aliphatic rings. The Kier molecular flexibility index (Phi) is 4.42. The molecule has 29 heavy (non-hydrogen) atoms. The van der Waals surface area contributed by atoms with Gasteiger partial charge in [-0.05, 0) is 56.1 Å². The summed E-state index contributed by atoms with van der Waals surface area (Å²) < 4.78 is 2.10. The van der Waals surface area contributed by atoms with Crippen LogP contribution in [0.4, 0.5) is 5.69 Å². The molecular weight excluding hydrogens is 366 g/mol. The first-order chi connectivity index (χ1) is 14.0. The van der Waals surface area contributed by atoms with Crippen LogP contribution in [0.15, 0.2) is 23.1 Å². The molecular formula is C23H29N3O3. The Morgan fingerprint density at radius 1 is 1.17 bits per heavy atom. The Morgan fingerprint density at radius 2 is 1.93 bits per heavy atom. The highest BCUT2D eigenvalue weighted by Crippen LogP contribution is 2.47. The minimum atomic E-state index is -1.14. The molecule has 2 aromatic rings. The summed E-state index contributed by atoms with van der Waals surface area (Å²) in [6, 6.07) is 4.34. The zero-order valence-electron chi connectivity index (χ0n) is 16.9. The number of nitrogens with two attached hydrogens (primary N) is 1. The molecule has 6 nitrogen and oxygen atoms in total. The van der Waals surface area contributed by atoms with Gasteiger partial charge in [0.25, 0.3) is 0 Å². The van der Waals surface area contributed by atoms with Crippen LogP contribution in [-0.2, 0) is 0 Å².